The van der Waals surface area contributed by atoms with Crippen molar-refractivity contribution in [3.63, 3.8) is 0 Å². The zero-order chi connectivity index (χ0) is 20.9. The van der Waals surface area contributed by atoms with E-state index in [1.54, 1.807) is 48.5 Å². The molecule has 0 aromatic heterocycles. The number of benzene rings is 3. The molecule has 148 valence electrons. The smallest absolute Gasteiger partial charge is 0.256 e. The van der Waals surface area contributed by atoms with Crippen molar-refractivity contribution < 1.29 is 9.59 Å². The molecule has 0 saturated carbocycles. The number of anilines is 1. The van der Waals surface area contributed by atoms with E-state index in [1.165, 1.54) is 0 Å². The SMILES string of the molecule is N#Cc1ccccc1-c1ccccc1C(=O)Nc1ccc(C(=O)N2CCCC2)cc1. The maximum Gasteiger partial charge on any atom is 0.256 e. The number of likely N-dealkylation sites (tertiary alicyclic amines) is 1. The molecule has 5 nitrogen and oxygen atoms in total. The second kappa shape index (κ2) is 8.62. The van der Waals surface area contributed by atoms with Crippen LogP contribution in [0.4, 0.5) is 5.69 Å². The highest BCUT2D eigenvalue weighted by Gasteiger charge is 2.19. The fraction of sp³-hybridized carbons (Fsp3) is 0.160. The minimum Gasteiger partial charge on any atom is -0.339 e. The highest BCUT2D eigenvalue weighted by Crippen LogP contribution is 2.27. The Hall–Kier alpha value is -3.91. The molecule has 1 aliphatic heterocycles. The molecule has 1 saturated heterocycles. The number of hydrogen-bond donors (Lipinski definition) is 1. The Kier molecular flexibility index (Phi) is 5.58. The summed E-state index contributed by atoms with van der Waals surface area (Å²) in [6.45, 7) is 1.61. The molecule has 0 aliphatic carbocycles. The standard InChI is InChI=1S/C25H21N3O2/c26-17-19-7-1-2-8-21(19)22-9-3-4-10-23(22)24(29)27-20-13-11-18(12-14-20)25(30)28-15-5-6-16-28/h1-4,7-14H,5-6,15-16H2,(H,27,29). The molecule has 1 N–H and O–H groups in total. The molecule has 4 rings (SSSR count). The first-order valence-electron chi connectivity index (χ1n) is 9.96. The first-order chi connectivity index (χ1) is 14.7. The second-order valence-electron chi connectivity index (χ2n) is 7.23. The average Bonchev–Trinajstić information content (AvgIpc) is 3.34. The minimum absolute atomic E-state index is 0.0313. The van der Waals surface area contributed by atoms with Crippen molar-refractivity contribution in [1.82, 2.24) is 4.90 Å². The van der Waals surface area contributed by atoms with E-state index in [2.05, 4.69) is 11.4 Å². The third kappa shape index (κ3) is 3.94. The van der Waals surface area contributed by atoms with Gasteiger partial charge in [-0.3, -0.25) is 9.59 Å². The van der Waals surface area contributed by atoms with Crippen molar-refractivity contribution in [3.8, 4) is 17.2 Å². The van der Waals surface area contributed by atoms with E-state index < -0.39 is 0 Å². The molecule has 30 heavy (non-hydrogen) atoms. The van der Waals surface area contributed by atoms with Gasteiger partial charge in [-0.1, -0.05) is 36.4 Å². The molecular formula is C25H21N3O2. The molecule has 0 radical (unpaired) electrons. The van der Waals surface area contributed by atoms with Crippen LogP contribution in [-0.4, -0.2) is 29.8 Å². The quantitative estimate of drug-likeness (QED) is 0.695. The lowest BCUT2D eigenvalue weighted by Gasteiger charge is -2.15. The van der Waals surface area contributed by atoms with Crippen LogP contribution in [-0.2, 0) is 0 Å². The first kappa shape index (κ1) is 19.4. The van der Waals surface area contributed by atoms with E-state index in [1.807, 2.05) is 29.2 Å². The Morgan fingerprint density at radius 1 is 0.833 bits per heavy atom. The lowest BCUT2D eigenvalue weighted by atomic mass is 9.95. The summed E-state index contributed by atoms with van der Waals surface area (Å²) in [5, 5.41) is 12.3. The molecule has 0 unspecified atom stereocenters. The van der Waals surface area contributed by atoms with Gasteiger partial charge in [-0.2, -0.15) is 5.26 Å². The largest absolute Gasteiger partial charge is 0.339 e. The van der Waals surface area contributed by atoms with Gasteiger partial charge in [-0.25, -0.2) is 0 Å². The molecular weight excluding hydrogens is 374 g/mol. The Morgan fingerprint density at radius 3 is 2.17 bits per heavy atom. The number of nitrogens with one attached hydrogen (secondary N) is 1. The van der Waals surface area contributed by atoms with Crippen molar-refractivity contribution in [2.45, 2.75) is 12.8 Å². The zero-order valence-electron chi connectivity index (χ0n) is 16.5. The number of amides is 2. The summed E-state index contributed by atoms with van der Waals surface area (Å²) in [6.07, 6.45) is 2.10. The minimum atomic E-state index is -0.267. The molecule has 5 heteroatoms. The lowest BCUT2D eigenvalue weighted by Crippen LogP contribution is -2.27. The Morgan fingerprint density at radius 2 is 1.47 bits per heavy atom. The van der Waals surface area contributed by atoms with E-state index in [9.17, 15) is 14.9 Å². The third-order valence-electron chi connectivity index (χ3n) is 5.29. The third-order valence-corrected chi connectivity index (χ3v) is 5.29. The molecule has 0 spiro atoms. The molecule has 3 aromatic carbocycles. The zero-order valence-corrected chi connectivity index (χ0v) is 16.5. The summed E-state index contributed by atoms with van der Waals surface area (Å²) >= 11 is 0. The second-order valence-corrected chi connectivity index (χ2v) is 7.23. The van der Waals surface area contributed by atoms with Gasteiger partial charge in [0.25, 0.3) is 11.8 Å². The highest BCUT2D eigenvalue weighted by atomic mass is 16.2. The van der Waals surface area contributed by atoms with Crippen LogP contribution in [0.5, 0.6) is 0 Å². The van der Waals surface area contributed by atoms with Crippen LogP contribution in [0.2, 0.25) is 0 Å². The predicted molar refractivity (Wildman–Crippen MR) is 116 cm³/mol. The summed E-state index contributed by atoms with van der Waals surface area (Å²) in [5.74, 6) is -0.235. The fourth-order valence-electron chi connectivity index (χ4n) is 3.73. The monoisotopic (exact) mass is 395 g/mol. The Balaban J connectivity index is 1.55. The van der Waals surface area contributed by atoms with Gasteiger partial charge in [0.05, 0.1) is 11.6 Å². The van der Waals surface area contributed by atoms with Gasteiger partial charge >= 0.3 is 0 Å². The number of nitriles is 1. The molecule has 3 aromatic rings. The van der Waals surface area contributed by atoms with Gasteiger partial charge in [0.1, 0.15) is 0 Å². The van der Waals surface area contributed by atoms with E-state index >= 15 is 0 Å². The van der Waals surface area contributed by atoms with Gasteiger partial charge in [0, 0.05) is 35.5 Å². The Bertz CT molecular complexity index is 1120. The van der Waals surface area contributed by atoms with Crippen LogP contribution in [0.25, 0.3) is 11.1 Å². The molecule has 1 aliphatic rings. The predicted octanol–water partition coefficient (Wildman–Crippen LogP) is 4.71. The highest BCUT2D eigenvalue weighted by molar-refractivity contribution is 6.09. The summed E-state index contributed by atoms with van der Waals surface area (Å²) in [4.78, 5) is 27.3. The van der Waals surface area contributed by atoms with Gasteiger partial charge in [-0.15, -0.1) is 0 Å². The van der Waals surface area contributed by atoms with Crippen LogP contribution in [0.3, 0.4) is 0 Å². The summed E-state index contributed by atoms with van der Waals surface area (Å²) in [6, 6.07) is 23.6. The van der Waals surface area contributed by atoms with Gasteiger partial charge in [-0.05, 0) is 54.8 Å². The van der Waals surface area contributed by atoms with Gasteiger partial charge in [0.15, 0.2) is 0 Å². The van der Waals surface area contributed by atoms with E-state index in [0.717, 1.165) is 31.5 Å². The fourth-order valence-corrected chi connectivity index (χ4v) is 3.73. The van der Waals surface area contributed by atoms with E-state index in [0.29, 0.717) is 27.9 Å². The number of carbonyl (C=O) groups excluding carboxylic acids is 2. The topological polar surface area (TPSA) is 73.2 Å². The van der Waals surface area contributed by atoms with Crippen LogP contribution in [0.1, 0.15) is 39.1 Å². The number of rotatable bonds is 4. The van der Waals surface area contributed by atoms with Crippen molar-refractivity contribution in [2.75, 3.05) is 18.4 Å². The first-order valence-corrected chi connectivity index (χ1v) is 9.96. The van der Waals surface area contributed by atoms with Crippen molar-refractivity contribution in [2.24, 2.45) is 0 Å². The molecule has 1 heterocycles. The summed E-state index contributed by atoms with van der Waals surface area (Å²) < 4.78 is 0. The van der Waals surface area contributed by atoms with Crippen LogP contribution in [0, 0.1) is 11.3 Å². The van der Waals surface area contributed by atoms with Crippen LogP contribution < -0.4 is 5.32 Å². The summed E-state index contributed by atoms with van der Waals surface area (Å²) in [7, 11) is 0. The Labute approximate surface area is 175 Å². The van der Waals surface area contributed by atoms with Gasteiger partial charge in [0.2, 0.25) is 0 Å². The van der Waals surface area contributed by atoms with E-state index in [-0.39, 0.29) is 11.8 Å². The molecule has 1 fully saturated rings. The van der Waals surface area contributed by atoms with Gasteiger partial charge < -0.3 is 10.2 Å². The average molecular weight is 395 g/mol. The summed E-state index contributed by atoms with van der Waals surface area (Å²) in [5.41, 5.74) is 3.66. The number of nitrogens with zero attached hydrogens (tertiary/aromatic N) is 2. The lowest BCUT2D eigenvalue weighted by molar-refractivity contribution is 0.0792. The normalized spacial score (nSPS) is 13.0. The maximum absolute atomic E-state index is 13.0. The van der Waals surface area contributed by atoms with Crippen LogP contribution in [0.15, 0.2) is 72.8 Å². The van der Waals surface area contributed by atoms with Crippen molar-refractivity contribution in [3.05, 3.63) is 89.5 Å². The van der Waals surface area contributed by atoms with Crippen molar-refractivity contribution >= 4 is 17.5 Å². The van der Waals surface area contributed by atoms with Crippen molar-refractivity contribution in [1.29, 1.82) is 5.26 Å². The number of hydrogen-bond acceptors (Lipinski definition) is 3. The molecule has 2 amide bonds. The van der Waals surface area contributed by atoms with E-state index in [4.69, 9.17) is 0 Å². The molecule has 0 atom stereocenters. The van der Waals surface area contributed by atoms with Crippen LogP contribution >= 0.6 is 0 Å². The molecule has 0 bridgehead atoms. The number of carbonyl (C=O) groups is 2. The maximum atomic E-state index is 13.0.